The molecule has 1 N–H and O–H groups in total. The summed E-state index contributed by atoms with van der Waals surface area (Å²) in [6.45, 7) is 8.47. The van der Waals surface area contributed by atoms with Crippen LogP contribution >= 0.6 is 0 Å². The molecule has 0 aromatic heterocycles. The van der Waals surface area contributed by atoms with Gasteiger partial charge in [0, 0.05) is 0 Å². The van der Waals surface area contributed by atoms with Crippen LogP contribution in [0.25, 0.3) is 0 Å². The Labute approximate surface area is 121 Å². The Morgan fingerprint density at radius 3 is 2.15 bits per heavy atom. The molecule has 1 atom stereocenters. The number of benzene rings is 2. The van der Waals surface area contributed by atoms with Crippen molar-refractivity contribution in [2.75, 3.05) is 6.61 Å². The van der Waals surface area contributed by atoms with E-state index in [4.69, 9.17) is 4.74 Å². The highest BCUT2D eigenvalue weighted by Gasteiger charge is 2.10. The first-order valence-electron chi connectivity index (χ1n) is 6.92. The predicted octanol–water partition coefficient (Wildman–Crippen LogP) is 4.03. The molecule has 0 aliphatic carbocycles. The smallest absolute Gasteiger partial charge is 0.119 e. The molecule has 0 aliphatic heterocycles. The molecule has 106 valence electrons. The molecule has 0 spiro atoms. The molecule has 20 heavy (non-hydrogen) atoms. The molecule has 0 fully saturated rings. The van der Waals surface area contributed by atoms with Gasteiger partial charge in [-0.05, 0) is 56.5 Å². The zero-order chi connectivity index (χ0) is 14.7. The van der Waals surface area contributed by atoms with E-state index in [-0.39, 0.29) is 6.61 Å². The van der Waals surface area contributed by atoms with Crippen molar-refractivity contribution in [2.24, 2.45) is 0 Å². The molecule has 0 aliphatic rings. The maximum atomic E-state index is 10.2. The van der Waals surface area contributed by atoms with Gasteiger partial charge in [0.15, 0.2) is 0 Å². The Hall–Kier alpha value is -1.80. The van der Waals surface area contributed by atoms with Crippen molar-refractivity contribution in [3.63, 3.8) is 0 Å². The second kappa shape index (κ2) is 6.10. The number of aliphatic hydroxyl groups excluding tert-OH is 1. The Bertz CT molecular complexity index is 582. The summed E-state index contributed by atoms with van der Waals surface area (Å²) in [5.74, 6) is 0.802. The summed E-state index contributed by atoms with van der Waals surface area (Å²) in [6, 6.07) is 12.1. The van der Waals surface area contributed by atoms with Crippen LogP contribution in [0.5, 0.6) is 5.75 Å². The molecule has 0 radical (unpaired) electrons. The highest BCUT2D eigenvalue weighted by atomic mass is 16.5. The van der Waals surface area contributed by atoms with Crippen LogP contribution in [0.3, 0.4) is 0 Å². The average Bonchev–Trinajstić information content (AvgIpc) is 2.38. The number of ether oxygens (including phenoxy) is 1. The number of rotatable bonds is 4. The maximum Gasteiger partial charge on any atom is 0.119 e. The summed E-state index contributed by atoms with van der Waals surface area (Å²) >= 11 is 0. The first-order valence-corrected chi connectivity index (χ1v) is 6.92. The van der Waals surface area contributed by atoms with Crippen molar-refractivity contribution in [1.82, 2.24) is 0 Å². The van der Waals surface area contributed by atoms with Gasteiger partial charge in [0.1, 0.15) is 18.5 Å². The van der Waals surface area contributed by atoms with Crippen molar-refractivity contribution < 1.29 is 9.84 Å². The topological polar surface area (TPSA) is 29.5 Å². The molecule has 0 heterocycles. The summed E-state index contributed by atoms with van der Waals surface area (Å²) in [6.07, 6.45) is -0.602. The van der Waals surface area contributed by atoms with Crippen molar-refractivity contribution >= 4 is 0 Å². The highest BCUT2D eigenvalue weighted by molar-refractivity contribution is 5.34. The highest BCUT2D eigenvalue weighted by Crippen LogP contribution is 2.20. The maximum absolute atomic E-state index is 10.2. The zero-order valence-electron chi connectivity index (χ0n) is 12.6. The SMILES string of the molecule is Cc1cc(C)cc(C(O)COc2ccc(C)c(C)c2)c1. The van der Waals surface area contributed by atoms with Gasteiger partial charge in [-0.2, -0.15) is 0 Å². The van der Waals surface area contributed by atoms with E-state index in [1.54, 1.807) is 0 Å². The second-order valence-electron chi connectivity index (χ2n) is 5.49. The van der Waals surface area contributed by atoms with Gasteiger partial charge < -0.3 is 9.84 Å². The molecule has 2 rings (SSSR count). The van der Waals surface area contributed by atoms with Crippen LogP contribution in [0.15, 0.2) is 36.4 Å². The minimum absolute atomic E-state index is 0.269. The van der Waals surface area contributed by atoms with Crippen LogP contribution in [-0.4, -0.2) is 11.7 Å². The number of hydrogen-bond acceptors (Lipinski definition) is 2. The van der Waals surface area contributed by atoms with Gasteiger partial charge in [0.25, 0.3) is 0 Å². The second-order valence-corrected chi connectivity index (χ2v) is 5.49. The molecular weight excluding hydrogens is 248 g/mol. The summed E-state index contributed by atoms with van der Waals surface area (Å²) in [7, 11) is 0. The molecule has 2 aromatic rings. The quantitative estimate of drug-likeness (QED) is 0.908. The lowest BCUT2D eigenvalue weighted by molar-refractivity contribution is 0.108. The fourth-order valence-electron chi connectivity index (χ4n) is 2.28. The van der Waals surface area contributed by atoms with Crippen molar-refractivity contribution in [3.8, 4) is 5.75 Å². The molecular formula is C18H22O2. The molecule has 0 amide bonds. The number of hydrogen-bond donors (Lipinski definition) is 1. The number of aliphatic hydroxyl groups is 1. The summed E-state index contributed by atoms with van der Waals surface area (Å²) in [4.78, 5) is 0. The normalized spacial score (nSPS) is 12.2. The Balaban J connectivity index is 2.04. The molecule has 2 nitrogen and oxygen atoms in total. The van der Waals surface area contributed by atoms with E-state index in [9.17, 15) is 5.11 Å². The van der Waals surface area contributed by atoms with Gasteiger partial charge >= 0.3 is 0 Å². The Morgan fingerprint density at radius 1 is 0.900 bits per heavy atom. The van der Waals surface area contributed by atoms with Gasteiger partial charge in [-0.3, -0.25) is 0 Å². The zero-order valence-corrected chi connectivity index (χ0v) is 12.6. The number of aryl methyl sites for hydroxylation is 4. The van der Waals surface area contributed by atoms with Crippen LogP contribution in [0.4, 0.5) is 0 Å². The van der Waals surface area contributed by atoms with E-state index < -0.39 is 6.10 Å². The van der Waals surface area contributed by atoms with E-state index in [0.717, 1.165) is 22.4 Å². The third kappa shape index (κ3) is 3.61. The summed E-state index contributed by atoms with van der Waals surface area (Å²) in [5.41, 5.74) is 5.66. The van der Waals surface area contributed by atoms with Crippen molar-refractivity contribution in [2.45, 2.75) is 33.8 Å². The lowest BCUT2D eigenvalue weighted by Crippen LogP contribution is -2.10. The first-order chi connectivity index (χ1) is 9.45. The fourth-order valence-corrected chi connectivity index (χ4v) is 2.28. The van der Waals surface area contributed by atoms with Crippen LogP contribution in [0.2, 0.25) is 0 Å². The summed E-state index contributed by atoms with van der Waals surface area (Å²) in [5, 5.41) is 10.2. The van der Waals surface area contributed by atoms with E-state index in [0.29, 0.717) is 0 Å². The molecule has 0 saturated heterocycles. The van der Waals surface area contributed by atoms with Crippen molar-refractivity contribution in [1.29, 1.82) is 0 Å². The molecule has 0 saturated carbocycles. The lowest BCUT2D eigenvalue weighted by atomic mass is 10.0. The summed E-state index contributed by atoms with van der Waals surface area (Å²) < 4.78 is 5.69. The minimum atomic E-state index is -0.602. The lowest BCUT2D eigenvalue weighted by Gasteiger charge is -2.15. The van der Waals surface area contributed by atoms with Gasteiger partial charge in [0.05, 0.1) is 0 Å². The fraction of sp³-hybridized carbons (Fsp3) is 0.333. The van der Waals surface area contributed by atoms with E-state index in [1.807, 2.05) is 44.2 Å². The van der Waals surface area contributed by atoms with Crippen molar-refractivity contribution in [3.05, 3.63) is 64.2 Å². The van der Waals surface area contributed by atoms with E-state index in [2.05, 4.69) is 19.9 Å². The minimum Gasteiger partial charge on any atom is -0.491 e. The van der Waals surface area contributed by atoms with Crippen LogP contribution in [-0.2, 0) is 0 Å². The molecule has 1 unspecified atom stereocenters. The Kier molecular flexibility index (Phi) is 4.46. The van der Waals surface area contributed by atoms with Gasteiger partial charge in [0.2, 0.25) is 0 Å². The third-order valence-corrected chi connectivity index (χ3v) is 3.52. The van der Waals surface area contributed by atoms with E-state index in [1.165, 1.54) is 11.1 Å². The largest absolute Gasteiger partial charge is 0.491 e. The molecule has 2 aromatic carbocycles. The molecule has 0 bridgehead atoms. The monoisotopic (exact) mass is 270 g/mol. The van der Waals surface area contributed by atoms with Gasteiger partial charge in [-0.25, -0.2) is 0 Å². The third-order valence-electron chi connectivity index (χ3n) is 3.52. The van der Waals surface area contributed by atoms with Crippen LogP contribution in [0, 0.1) is 27.7 Å². The Morgan fingerprint density at radius 2 is 1.55 bits per heavy atom. The first kappa shape index (κ1) is 14.6. The van der Waals surface area contributed by atoms with E-state index >= 15 is 0 Å². The van der Waals surface area contributed by atoms with Crippen LogP contribution < -0.4 is 4.74 Å². The molecule has 2 heteroatoms. The van der Waals surface area contributed by atoms with Gasteiger partial charge in [-0.1, -0.05) is 35.4 Å². The predicted molar refractivity (Wildman–Crippen MR) is 82.3 cm³/mol. The average molecular weight is 270 g/mol. The van der Waals surface area contributed by atoms with Crippen LogP contribution in [0.1, 0.15) is 33.9 Å². The van der Waals surface area contributed by atoms with Gasteiger partial charge in [-0.15, -0.1) is 0 Å². The standard InChI is InChI=1S/C18H22O2/c1-12-7-13(2)9-16(8-12)18(19)11-20-17-6-5-14(3)15(4)10-17/h5-10,18-19H,11H2,1-4H3.